The average Bonchev–Trinajstić information content (AvgIpc) is 2.97. The highest BCUT2D eigenvalue weighted by Gasteiger charge is 2.50. The van der Waals surface area contributed by atoms with Crippen molar-refractivity contribution in [1.29, 1.82) is 0 Å². The molecule has 1 aromatic carbocycles. The summed E-state index contributed by atoms with van der Waals surface area (Å²) in [5.41, 5.74) is 1.77. The van der Waals surface area contributed by atoms with Crippen LogP contribution in [-0.2, 0) is 20.7 Å². The fraction of sp³-hybridized carbons (Fsp3) is 0.600. The lowest BCUT2D eigenvalue weighted by atomic mass is 9.73. The zero-order chi connectivity index (χ0) is 17.3. The van der Waals surface area contributed by atoms with Crippen molar-refractivity contribution >= 4 is 11.9 Å². The summed E-state index contributed by atoms with van der Waals surface area (Å²) in [7, 11) is 0. The average molecular weight is 330 g/mol. The molecule has 2 aliphatic carbocycles. The molecule has 0 spiro atoms. The maximum atomic E-state index is 12.4. The lowest BCUT2D eigenvalue weighted by Crippen LogP contribution is -2.48. The van der Waals surface area contributed by atoms with Crippen molar-refractivity contribution in [3.8, 4) is 0 Å². The Morgan fingerprint density at radius 2 is 1.96 bits per heavy atom. The van der Waals surface area contributed by atoms with E-state index in [0.29, 0.717) is 24.7 Å². The monoisotopic (exact) mass is 330 g/mol. The number of hydrogen-bond donors (Lipinski definition) is 1. The Kier molecular flexibility index (Phi) is 4.66. The fourth-order valence-corrected chi connectivity index (χ4v) is 4.49. The predicted molar refractivity (Wildman–Crippen MR) is 90.8 cm³/mol. The summed E-state index contributed by atoms with van der Waals surface area (Å²) in [5, 5.41) is 9.74. The van der Waals surface area contributed by atoms with Gasteiger partial charge in [0.1, 0.15) is 0 Å². The molecule has 4 nitrogen and oxygen atoms in total. The van der Waals surface area contributed by atoms with Gasteiger partial charge in [-0.3, -0.25) is 4.79 Å². The second-order valence-electron chi connectivity index (χ2n) is 7.57. The van der Waals surface area contributed by atoms with Crippen LogP contribution in [-0.4, -0.2) is 22.6 Å². The van der Waals surface area contributed by atoms with Crippen LogP contribution in [0.3, 0.4) is 0 Å². The lowest BCUT2D eigenvalue weighted by molar-refractivity contribution is -0.185. The standard InChI is InChI=1S/C20H26O4/c1-13-6-7-16(14(2)10-13)11-18(21)24-20(19(22)23)9-8-15-4-3-5-17(15)12-20/h6-7,10,15,17H,3-5,8-9,11-12H2,1-2H3,(H,22,23). The number of hydrogen-bond acceptors (Lipinski definition) is 3. The van der Waals surface area contributed by atoms with Gasteiger partial charge in [0, 0.05) is 6.42 Å². The van der Waals surface area contributed by atoms with Crippen LogP contribution in [0.2, 0.25) is 0 Å². The number of carbonyl (C=O) groups is 2. The van der Waals surface area contributed by atoms with Crippen LogP contribution in [0.5, 0.6) is 0 Å². The highest BCUT2D eigenvalue weighted by Crippen LogP contribution is 2.47. The molecular weight excluding hydrogens is 304 g/mol. The smallest absolute Gasteiger partial charge is 0.348 e. The van der Waals surface area contributed by atoms with Crippen molar-refractivity contribution in [3.63, 3.8) is 0 Å². The van der Waals surface area contributed by atoms with Crippen LogP contribution in [0.1, 0.15) is 55.2 Å². The molecule has 0 radical (unpaired) electrons. The van der Waals surface area contributed by atoms with Gasteiger partial charge in [0.25, 0.3) is 0 Å². The number of aryl methyl sites for hydroxylation is 2. The Labute approximate surface area is 143 Å². The zero-order valence-electron chi connectivity index (χ0n) is 14.5. The molecule has 1 N–H and O–H groups in total. The maximum Gasteiger partial charge on any atom is 0.348 e. The fourth-order valence-electron chi connectivity index (χ4n) is 4.49. The molecule has 3 unspecified atom stereocenters. The highest BCUT2D eigenvalue weighted by atomic mass is 16.6. The van der Waals surface area contributed by atoms with Gasteiger partial charge in [0.15, 0.2) is 0 Å². The van der Waals surface area contributed by atoms with Crippen LogP contribution in [0, 0.1) is 25.7 Å². The molecule has 0 aromatic heterocycles. The van der Waals surface area contributed by atoms with Crippen molar-refractivity contribution in [2.75, 3.05) is 0 Å². The van der Waals surface area contributed by atoms with Gasteiger partial charge in [0.2, 0.25) is 5.60 Å². The molecule has 2 fully saturated rings. The molecule has 2 saturated carbocycles. The van der Waals surface area contributed by atoms with Crippen LogP contribution < -0.4 is 0 Å². The first-order valence-corrected chi connectivity index (χ1v) is 8.91. The SMILES string of the molecule is Cc1ccc(CC(=O)OC2(C(=O)O)CCC3CCCC3C2)c(C)c1. The molecule has 2 aliphatic rings. The van der Waals surface area contributed by atoms with Gasteiger partial charge in [-0.05, 0) is 49.7 Å². The summed E-state index contributed by atoms with van der Waals surface area (Å²) >= 11 is 0. The Balaban J connectivity index is 1.71. The van der Waals surface area contributed by atoms with Gasteiger partial charge in [-0.1, -0.05) is 43.0 Å². The molecule has 0 saturated heterocycles. The summed E-state index contributed by atoms with van der Waals surface area (Å²) in [5.74, 6) is -0.401. The third-order valence-corrected chi connectivity index (χ3v) is 5.86. The number of carboxylic acid groups (broad SMARTS) is 1. The summed E-state index contributed by atoms with van der Waals surface area (Å²) in [6.45, 7) is 3.97. The van der Waals surface area contributed by atoms with E-state index in [1.807, 2.05) is 32.0 Å². The van der Waals surface area contributed by atoms with Crippen LogP contribution in [0.15, 0.2) is 18.2 Å². The number of benzene rings is 1. The zero-order valence-corrected chi connectivity index (χ0v) is 14.5. The minimum atomic E-state index is -1.32. The summed E-state index contributed by atoms with van der Waals surface area (Å²) in [6.07, 6.45) is 5.34. The van der Waals surface area contributed by atoms with Crippen molar-refractivity contribution in [2.24, 2.45) is 11.8 Å². The van der Waals surface area contributed by atoms with Crippen LogP contribution >= 0.6 is 0 Å². The summed E-state index contributed by atoms with van der Waals surface area (Å²) < 4.78 is 5.60. The van der Waals surface area contributed by atoms with Crippen molar-refractivity contribution in [2.45, 2.75) is 64.4 Å². The number of carbonyl (C=O) groups excluding carboxylic acids is 1. The summed E-state index contributed by atoms with van der Waals surface area (Å²) in [4.78, 5) is 24.3. The van der Waals surface area contributed by atoms with E-state index in [4.69, 9.17) is 4.74 Å². The number of fused-ring (bicyclic) bond motifs is 1. The molecule has 0 amide bonds. The molecule has 1 aromatic rings. The number of esters is 1. The maximum absolute atomic E-state index is 12.4. The molecule has 3 atom stereocenters. The lowest BCUT2D eigenvalue weighted by Gasteiger charge is -2.38. The van der Waals surface area contributed by atoms with Crippen LogP contribution in [0.25, 0.3) is 0 Å². The Bertz CT molecular complexity index is 651. The van der Waals surface area contributed by atoms with E-state index >= 15 is 0 Å². The Hall–Kier alpha value is -1.84. The third-order valence-electron chi connectivity index (χ3n) is 5.86. The van der Waals surface area contributed by atoms with Gasteiger partial charge in [0.05, 0.1) is 6.42 Å². The molecule has 4 heteroatoms. The normalized spacial score (nSPS) is 29.1. The Morgan fingerprint density at radius 1 is 1.21 bits per heavy atom. The van der Waals surface area contributed by atoms with Crippen molar-refractivity contribution < 1.29 is 19.4 Å². The van der Waals surface area contributed by atoms with E-state index in [0.717, 1.165) is 29.5 Å². The van der Waals surface area contributed by atoms with Crippen molar-refractivity contribution in [1.82, 2.24) is 0 Å². The van der Waals surface area contributed by atoms with E-state index < -0.39 is 17.5 Å². The molecule has 0 bridgehead atoms. The van der Waals surface area contributed by atoms with E-state index in [1.165, 1.54) is 12.8 Å². The largest absolute Gasteiger partial charge is 0.478 e. The topological polar surface area (TPSA) is 63.6 Å². The molecule has 130 valence electrons. The quantitative estimate of drug-likeness (QED) is 0.853. The number of ether oxygens (including phenoxy) is 1. The Morgan fingerprint density at radius 3 is 2.67 bits per heavy atom. The van der Waals surface area contributed by atoms with E-state index in [2.05, 4.69) is 0 Å². The predicted octanol–water partition coefficient (Wildman–Crippen LogP) is 3.81. The second kappa shape index (κ2) is 6.58. The second-order valence-corrected chi connectivity index (χ2v) is 7.57. The van der Waals surface area contributed by atoms with Gasteiger partial charge < -0.3 is 9.84 Å². The molecular formula is C20H26O4. The van der Waals surface area contributed by atoms with E-state index in [1.54, 1.807) is 0 Å². The molecule has 0 aliphatic heterocycles. The molecule has 24 heavy (non-hydrogen) atoms. The number of carboxylic acids is 1. The van der Waals surface area contributed by atoms with E-state index in [-0.39, 0.29) is 6.42 Å². The van der Waals surface area contributed by atoms with Gasteiger partial charge >= 0.3 is 11.9 Å². The first-order valence-electron chi connectivity index (χ1n) is 8.91. The van der Waals surface area contributed by atoms with Crippen LogP contribution in [0.4, 0.5) is 0 Å². The van der Waals surface area contributed by atoms with E-state index in [9.17, 15) is 14.7 Å². The van der Waals surface area contributed by atoms with Gasteiger partial charge in [-0.15, -0.1) is 0 Å². The number of aliphatic carboxylic acids is 1. The molecule has 3 rings (SSSR count). The third kappa shape index (κ3) is 3.33. The highest BCUT2D eigenvalue weighted by molar-refractivity contribution is 5.83. The summed E-state index contributed by atoms with van der Waals surface area (Å²) in [6, 6.07) is 5.92. The first kappa shape index (κ1) is 17.0. The van der Waals surface area contributed by atoms with Gasteiger partial charge in [-0.2, -0.15) is 0 Å². The minimum Gasteiger partial charge on any atom is -0.478 e. The van der Waals surface area contributed by atoms with Crippen molar-refractivity contribution in [3.05, 3.63) is 34.9 Å². The van der Waals surface area contributed by atoms with Gasteiger partial charge in [-0.25, -0.2) is 4.79 Å². The minimum absolute atomic E-state index is 0.134. The number of rotatable bonds is 4. The first-order chi connectivity index (χ1) is 11.4. The molecule has 0 heterocycles.